The zero-order chi connectivity index (χ0) is 29.8. The van der Waals surface area contributed by atoms with Crippen molar-refractivity contribution >= 4 is 11.4 Å². The lowest BCUT2D eigenvalue weighted by molar-refractivity contribution is 0.471. The molecule has 0 radical (unpaired) electrons. The van der Waals surface area contributed by atoms with Gasteiger partial charge in [-0.3, -0.25) is 0 Å². The van der Waals surface area contributed by atoms with E-state index in [0.717, 1.165) is 31.9 Å². The van der Waals surface area contributed by atoms with E-state index in [9.17, 15) is 5.11 Å². The fourth-order valence-electron chi connectivity index (χ4n) is 6.12. The minimum atomic E-state index is 0.482. The molecule has 0 aliphatic carbocycles. The summed E-state index contributed by atoms with van der Waals surface area (Å²) < 4.78 is 0. The molecular formula is C38H72N2O. The van der Waals surface area contributed by atoms with Crippen molar-refractivity contribution in [1.29, 1.82) is 0 Å². The monoisotopic (exact) mass is 573 g/mol. The molecule has 0 saturated carbocycles. The van der Waals surface area contributed by atoms with Crippen molar-refractivity contribution in [3.05, 3.63) is 18.2 Å². The van der Waals surface area contributed by atoms with Crippen LogP contribution >= 0.6 is 0 Å². The molecule has 41 heavy (non-hydrogen) atoms. The van der Waals surface area contributed by atoms with E-state index in [1.807, 2.05) is 6.07 Å². The average Bonchev–Trinajstić information content (AvgIpc) is 2.98. The Morgan fingerprint density at radius 1 is 0.415 bits per heavy atom. The number of rotatable bonds is 30. The van der Waals surface area contributed by atoms with Gasteiger partial charge < -0.3 is 14.9 Å². The summed E-state index contributed by atoms with van der Waals surface area (Å²) >= 11 is 0. The third-order valence-electron chi connectivity index (χ3n) is 8.78. The summed E-state index contributed by atoms with van der Waals surface area (Å²) in [6.45, 7) is 13.5. The fourth-order valence-corrected chi connectivity index (χ4v) is 6.12. The normalized spacial score (nSPS) is 11.3. The predicted molar refractivity (Wildman–Crippen MR) is 186 cm³/mol. The molecule has 0 bridgehead atoms. The Kier molecular flexibility index (Phi) is 25.2. The van der Waals surface area contributed by atoms with Crippen molar-refractivity contribution in [2.45, 2.75) is 182 Å². The summed E-state index contributed by atoms with van der Waals surface area (Å²) in [7, 11) is 0. The molecule has 0 amide bonds. The maximum Gasteiger partial charge on any atom is 0.141 e. The van der Waals surface area contributed by atoms with Crippen LogP contribution in [0.15, 0.2) is 18.2 Å². The number of nitrogens with zero attached hydrogens (tertiary/aromatic N) is 2. The summed E-state index contributed by atoms with van der Waals surface area (Å²) in [5.74, 6) is 0.482. The highest BCUT2D eigenvalue weighted by atomic mass is 16.3. The number of aromatic hydroxyl groups is 1. The second-order valence-corrected chi connectivity index (χ2v) is 12.7. The van der Waals surface area contributed by atoms with Gasteiger partial charge in [-0.15, -0.1) is 0 Å². The Balaban J connectivity index is 3.01. The van der Waals surface area contributed by atoms with Gasteiger partial charge in [-0.05, 0) is 37.8 Å². The third-order valence-corrected chi connectivity index (χ3v) is 8.78. The first-order chi connectivity index (χ1) is 20.2. The first-order valence-electron chi connectivity index (χ1n) is 18.5. The fraction of sp³-hybridized carbons (Fsp3) is 0.842. The average molecular weight is 573 g/mol. The predicted octanol–water partition coefficient (Wildman–Crippen LogP) is 12.4. The number of phenolic OH excluding ortho intramolecular Hbond substituents is 1. The highest BCUT2D eigenvalue weighted by Gasteiger charge is 2.20. The van der Waals surface area contributed by atoms with E-state index < -0.39 is 0 Å². The summed E-state index contributed by atoms with van der Waals surface area (Å²) in [5, 5.41) is 11.3. The van der Waals surface area contributed by atoms with E-state index in [0.29, 0.717) is 5.75 Å². The number of para-hydroxylation sites is 1. The SMILES string of the molecule is CCCCCCCCN(CCCCCCCC)c1cccc(O)c1N(CCCCCCCC)CCCCCCCC. The van der Waals surface area contributed by atoms with Crippen LogP contribution in [-0.2, 0) is 0 Å². The summed E-state index contributed by atoms with van der Waals surface area (Å²) in [6.07, 6.45) is 31.7. The van der Waals surface area contributed by atoms with Crippen LogP contribution in [-0.4, -0.2) is 31.3 Å². The summed E-state index contributed by atoms with van der Waals surface area (Å²) in [6, 6.07) is 6.32. The van der Waals surface area contributed by atoms with Gasteiger partial charge in [0.25, 0.3) is 0 Å². The Morgan fingerprint density at radius 3 is 1.10 bits per heavy atom. The molecule has 0 atom stereocenters. The number of anilines is 2. The van der Waals surface area contributed by atoms with Crippen molar-refractivity contribution in [2.75, 3.05) is 36.0 Å². The van der Waals surface area contributed by atoms with Crippen LogP contribution in [0.1, 0.15) is 182 Å². The van der Waals surface area contributed by atoms with Gasteiger partial charge in [0.05, 0.1) is 5.69 Å². The maximum atomic E-state index is 11.3. The van der Waals surface area contributed by atoms with Gasteiger partial charge in [0.1, 0.15) is 11.4 Å². The van der Waals surface area contributed by atoms with E-state index in [4.69, 9.17) is 0 Å². The summed E-state index contributed by atoms with van der Waals surface area (Å²) in [5.41, 5.74) is 2.40. The quantitative estimate of drug-likeness (QED) is 0.0929. The Hall–Kier alpha value is -1.38. The number of hydrogen-bond acceptors (Lipinski definition) is 3. The molecule has 1 aromatic carbocycles. The topological polar surface area (TPSA) is 26.7 Å². The second-order valence-electron chi connectivity index (χ2n) is 12.7. The van der Waals surface area contributed by atoms with Gasteiger partial charge in [0.15, 0.2) is 0 Å². The molecule has 0 fully saturated rings. The van der Waals surface area contributed by atoms with E-state index in [2.05, 4.69) is 49.6 Å². The molecule has 1 N–H and O–H groups in total. The summed E-state index contributed by atoms with van der Waals surface area (Å²) in [4.78, 5) is 5.21. The van der Waals surface area contributed by atoms with Gasteiger partial charge in [-0.1, -0.05) is 162 Å². The van der Waals surface area contributed by atoms with Gasteiger partial charge in [-0.2, -0.15) is 0 Å². The molecule has 1 aromatic rings. The molecule has 3 nitrogen and oxygen atoms in total. The van der Waals surface area contributed by atoms with Crippen LogP contribution in [0.4, 0.5) is 11.4 Å². The van der Waals surface area contributed by atoms with Gasteiger partial charge >= 0.3 is 0 Å². The van der Waals surface area contributed by atoms with Gasteiger partial charge in [-0.25, -0.2) is 0 Å². The molecule has 0 saturated heterocycles. The van der Waals surface area contributed by atoms with Crippen molar-refractivity contribution in [2.24, 2.45) is 0 Å². The molecule has 0 heterocycles. The molecule has 1 rings (SSSR count). The highest BCUT2D eigenvalue weighted by Crippen LogP contribution is 2.39. The second kappa shape index (κ2) is 27.5. The lowest BCUT2D eigenvalue weighted by atomic mass is 10.1. The smallest absolute Gasteiger partial charge is 0.141 e. The van der Waals surface area contributed by atoms with Crippen LogP contribution in [0.5, 0.6) is 5.75 Å². The number of phenols is 1. The molecular weight excluding hydrogens is 500 g/mol. The van der Waals surface area contributed by atoms with E-state index in [1.54, 1.807) is 0 Å². The minimum Gasteiger partial charge on any atom is -0.506 e. The molecule has 0 aliphatic heterocycles. The Labute approximate surface area is 257 Å². The van der Waals surface area contributed by atoms with Crippen LogP contribution in [0.3, 0.4) is 0 Å². The molecule has 3 heteroatoms. The maximum absolute atomic E-state index is 11.3. The van der Waals surface area contributed by atoms with Crippen molar-refractivity contribution in [3.63, 3.8) is 0 Å². The van der Waals surface area contributed by atoms with Gasteiger partial charge in [0.2, 0.25) is 0 Å². The zero-order valence-corrected chi connectivity index (χ0v) is 28.4. The molecule has 0 aliphatic rings. The van der Waals surface area contributed by atoms with E-state index in [-0.39, 0.29) is 0 Å². The van der Waals surface area contributed by atoms with E-state index in [1.165, 1.54) is 160 Å². The molecule has 0 unspecified atom stereocenters. The number of unbranched alkanes of at least 4 members (excludes halogenated alkanes) is 20. The highest BCUT2D eigenvalue weighted by molar-refractivity contribution is 5.77. The lowest BCUT2D eigenvalue weighted by Gasteiger charge is -2.33. The number of hydrogen-bond donors (Lipinski definition) is 1. The Morgan fingerprint density at radius 2 is 0.732 bits per heavy atom. The van der Waals surface area contributed by atoms with Crippen LogP contribution in [0, 0.1) is 0 Å². The first kappa shape index (κ1) is 37.6. The number of benzene rings is 1. The van der Waals surface area contributed by atoms with Crippen LogP contribution < -0.4 is 9.80 Å². The minimum absolute atomic E-state index is 0.482. The van der Waals surface area contributed by atoms with Crippen LogP contribution in [0.2, 0.25) is 0 Å². The first-order valence-corrected chi connectivity index (χ1v) is 18.5. The van der Waals surface area contributed by atoms with Crippen LogP contribution in [0.25, 0.3) is 0 Å². The van der Waals surface area contributed by atoms with Gasteiger partial charge in [0, 0.05) is 26.2 Å². The van der Waals surface area contributed by atoms with Crippen molar-refractivity contribution in [3.8, 4) is 5.75 Å². The lowest BCUT2D eigenvalue weighted by Crippen LogP contribution is -2.31. The Bertz CT molecular complexity index is 659. The third kappa shape index (κ3) is 18.7. The largest absolute Gasteiger partial charge is 0.506 e. The molecule has 0 spiro atoms. The molecule has 0 aromatic heterocycles. The van der Waals surface area contributed by atoms with E-state index >= 15 is 0 Å². The molecule has 240 valence electrons. The zero-order valence-electron chi connectivity index (χ0n) is 28.4. The standard InChI is InChI=1S/C38H72N2O/c1-5-9-13-17-21-25-32-39(33-26-22-18-14-10-6-2)36-30-29-31-37(41)38(36)40(34-27-23-19-15-11-7-3)35-28-24-20-16-12-8-4/h29-31,41H,5-28,32-35H2,1-4H3. The van der Waals surface area contributed by atoms with Crippen molar-refractivity contribution in [1.82, 2.24) is 0 Å². The van der Waals surface area contributed by atoms with Crippen molar-refractivity contribution < 1.29 is 5.11 Å².